The molecule has 0 spiro atoms. The van der Waals surface area contributed by atoms with Gasteiger partial charge < -0.3 is 19.0 Å². The first-order chi connectivity index (χ1) is 15.6. The number of aromatic hydroxyl groups is 1. The first-order valence-electron chi connectivity index (χ1n) is 12.8. The number of phenolic OH excluding ortho intramolecular Hbond substituents is 1. The van der Waals surface area contributed by atoms with Crippen molar-refractivity contribution in [3.8, 4) is 11.5 Å². The minimum absolute atomic E-state index is 0.0322. The molecule has 0 amide bonds. The van der Waals surface area contributed by atoms with Gasteiger partial charge in [-0.25, -0.2) is 0 Å². The van der Waals surface area contributed by atoms with Crippen LogP contribution in [0.3, 0.4) is 0 Å². The monoisotopic (exact) mass is 490 g/mol. The van der Waals surface area contributed by atoms with Gasteiger partial charge in [-0.1, -0.05) is 47.6 Å². The van der Waals surface area contributed by atoms with E-state index in [1.54, 1.807) is 19.2 Å². The molecule has 0 aliphatic heterocycles. The number of rotatable bonds is 7. The fourth-order valence-electron chi connectivity index (χ4n) is 6.32. The van der Waals surface area contributed by atoms with E-state index >= 15 is 0 Å². The number of hydrogen-bond acceptors (Lipinski definition) is 5. The average molecular weight is 491 g/mol. The maximum atomic E-state index is 13.4. The summed E-state index contributed by atoms with van der Waals surface area (Å²) in [6.45, 7) is 18.7. The van der Waals surface area contributed by atoms with E-state index in [2.05, 4.69) is 54.6 Å². The van der Waals surface area contributed by atoms with Gasteiger partial charge in [0.15, 0.2) is 15.1 Å². The van der Waals surface area contributed by atoms with Gasteiger partial charge in [-0.3, -0.25) is 4.79 Å². The third-order valence-corrected chi connectivity index (χ3v) is 13.9. The maximum Gasteiger partial charge on any atom is 0.192 e. The molecule has 0 radical (unpaired) electrons. The third-order valence-electron chi connectivity index (χ3n) is 9.43. The highest BCUT2D eigenvalue weighted by Crippen LogP contribution is 2.61. The van der Waals surface area contributed by atoms with E-state index in [9.17, 15) is 9.90 Å². The van der Waals surface area contributed by atoms with Gasteiger partial charge >= 0.3 is 0 Å². The van der Waals surface area contributed by atoms with Crippen LogP contribution in [0.1, 0.15) is 72.8 Å². The van der Waals surface area contributed by atoms with Gasteiger partial charge in [0.25, 0.3) is 0 Å². The Hall–Kier alpha value is -1.37. The molecule has 0 aromatic heterocycles. The van der Waals surface area contributed by atoms with E-state index in [0.29, 0.717) is 35.9 Å². The first kappa shape index (κ1) is 27.2. The molecule has 0 unspecified atom stereocenters. The highest BCUT2D eigenvalue weighted by atomic mass is 28.4. The SMILES string of the molecule is COCOc1cccc(O)c1C[C@H]1C(=O)CC[C@H]2C(C)(C)[C@@H](O[Si](C)(C)C(C)(C)C)CC[C@]12C. The fourth-order valence-corrected chi connectivity index (χ4v) is 7.81. The molecule has 6 heteroatoms. The zero-order chi connectivity index (χ0) is 25.5. The van der Waals surface area contributed by atoms with Gasteiger partial charge in [0.2, 0.25) is 0 Å². The van der Waals surface area contributed by atoms with Crippen LogP contribution in [0.2, 0.25) is 18.1 Å². The van der Waals surface area contributed by atoms with Crippen LogP contribution in [0.4, 0.5) is 0 Å². The summed E-state index contributed by atoms with van der Waals surface area (Å²) in [7, 11) is -0.335. The van der Waals surface area contributed by atoms with Crippen LogP contribution in [0, 0.1) is 22.7 Å². The Kier molecular flexibility index (Phi) is 7.67. The number of Topliss-reactive ketones (excluding diaryl/α,β-unsaturated/α-hetero) is 1. The molecular weight excluding hydrogens is 444 g/mol. The van der Waals surface area contributed by atoms with Crippen LogP contribution in [-0.2, 0) is 20.4 Å². The number of phenols is 1. The van der Waals surface area contributed by atoms with Gasteiger partial charge in [-0.15, -0.1) is 0 Å². The number of hydrogen-bond donors (Lipinski definition) is 1. The molecular formula is C28H46O5Si. The number of ether oxygens (including phenoxy) is 2. The Labute approximate surface area is 207 Å². The summed E-state index contributed by atoms with van der Waals surface area (Å²) in [4.78, 5) is 13.4. The molecule has 5 nitrogen and oxygen atoms in total. The van der Waals surface area contributed by atoms with E-state index in [1.165, 1.54) is 0 Å². The second kappa shape index (κ2) is 9.59. The van der Waals surface area contributed by atoms with Crippen LogP contribution in [0.5, 0.6) is 11.5 Å². The van der Waals surface area contributed by atoms with Crippen molar-refractivity contribution in [1.82, 2.24) is 0 Å². The molecule has 2 saturated carbocycles. The predicted octanol–water partition coefficient (Wildman–Crippen LogP) is 6.73. The lowest BCUT2D eigenvalue weighted by molar-refractivity contribution is -0.155. The van der Waals surface area contributed by atoms with Crippen molar-refractivity contribution in [2.75, 3.05) is 13.9 Å². The minimum Gasteiger partial charge on any atom is -0.508 e. The van der Waals surface area contributed by atoms with Gasteiger partial charge in [0.05, 0.1) is 6.10 Å². The summed E-state index contributed by atoms with van der Waals surface area (Å²) in [5, 5.41) is 10.9. The Morgan fingerprint density at radius 1 is 1.15 bits per heavy atom. The highest BCUT2D eigenvalue weighted by Gasteiger charge is 2.59. The molecule has 2 aliphatic rings. The number of benzene rings is 1. The molecule has 1 aromatic rings. The lowest BCUT2D eigenvalue weighted by atomic mass is 9.47. The number of carbonyl (C=O) groups is 1. The molecule has 192 valence electrons. The Balaban J connectivity index is 1.91. The number of ketones is 1. The van der Waals surface area contributed by atoms with Crippen LogP contribution < -0.4 is 4.74 Å². The molecule has 1 aromatic carbocycles. The molecule has 0 bridgehead atoms. The third kappa shape index (κ3) is 4.96. The fraction of sp³-hybridized carbons (Fsp3) is 0.750. The predicted molar refractivity (Wildman–Crippen MR) is 139 cm³/mol. The topological polar surface area (TPSA) is 65.0 Å². The summed E-state index contributed by atoms with van der Waals surface area (Å²) < 4.78 is 17.8. The van der Waals surface area contributed by atoms with Crippen molar-refractivity contribution in [2.45, 2.75) is 97.9 Å². The molecule has 0 heterocycles. The molecule has 2 aliphatic carbocycles. The van der Waals surface area contributed by atoms with Crippen LogP contribution in [0.15, 0.2) is 18.2 Å². The summed E-state index contributed by atoms with van der Waals surface area (Å²) in [6.07, 6.45) is 4.10. The van der Waals surface area contributed by atoms with E-state index in [0.717, 1.165) is 19.3 Å². The molecule has 1 N–H and O–H groups in total. The summed E-state index contributed by atoms with van der Waals surface area (Å²) in [5.74, 6) is 1.30. The number of carbonyl (C=O) groups excluding carboxylic acids is 1. The lowest BCUT2D eigenvalue weighted by Gasteiger charge is -2.60. The van der Waals surface area contributed by atoms with Crippen molar-refractivity contribution < 1.29 is 23.8 Å². The second-order valence-corrected chi connectivity index (χ2v) is 17.6. The Bertz CT molecular complexity index is 887. The summed E-state index contributed by atoms with van der Waals surface area (Å²) >= 11 is 0. The molecule has 4 atom stereocenters. The second-order valence-electron chi connectivity index (χ2n) is 12.9. The Morgan fingerprint density at radius 2 is 1.82 bits per heavy atom. The van der Waals surface area contributed by atoms with Gasteiger partial charge in [-0.05, 0) is 72.7 Å². The average Bonchev–Trinajstić information content (AvgIpc) is 2.71. The summed E-state index contributed by atoms with van der Waals surface area (Å²) in [6, 6.07) is 5.29. The van der Waals surface area contributed by atoms with Crippen molar-refractivity contribution in [2.24, 2.45) is 22.7 Å². The van der Waals surface area contributed by atoms with Crippen LogP contribution in [-0.4, -0.2) is 39.2 Å². The van der Waals surface area contributed by atoms with E-state index in [1.807, 2.05) is 6.07 Å². The zero-order valence-electron chi connectivity index (χ0n) is 22.8. The minimum atomic E-state index is -1.91. The lowest BCUT2D eigenvalue weighted by Crippen LogP contribution is -2.59. The number of fused-ring (bicyclic) bond motifs is 1. The normalized spacial score (nSPS) is 29.6. The van der Waals surface area contributed by atoms with Crippen LogP contribution in [0.25, 0.3) is 0 Å². The van der Waals surface area contributed by atoms with Gasteiger partial charge in [0, 0.05) is 25.0 Å². The largest absolute Gasteiger partial charge is 0.508 e. The van der Waals surface area contributed by atoms with Crippen molar-refractivity contribution in [1.29, 1.82) is 0 Å². The zero-order valence-corrected chi connectivity index (χ0v) is 23.8. The maximum absolute atomic E-state index is 13.4. The van der Waals surface area contributed by atoms with Gasteiger partial charge in [0.1, 0.15) is 17.3 Å². The van der Waals surface area contributed by atoms with Crippen molar-refractivity contribution in [3.63, 3.8) is 0 Å². The molecule has 34 heavy (non-hydrogen) atoms. The first-order valence-corrected chi connectivity index (χ1v) is 15.7. The Morgan fingerprint density at radius 3 is 2.44 bits per heavy atom. The highest BCUT2D eigenvalue weighted by molar-refractivity contribution is 6.74. The van der Waals surface area contributed by atoms with E-state index < -0.39 is 8.32 Å². The molecule has 0 saturated heterocycles. The van der Waals surface area contributed by atoms with Crippen LogP contribution >= 0.6 is 0 Å². The molecule has 3 rings (SSSR count). The van der Waals surface area contributed by atoms with Gasteiger partial charge in [-0.2, -0.15) is 0 Å². The smallest absolute Gasteiger partial charge is 0.192 e. The number of methoxy groups -OCH3 is 1. The van der Waals surface area contributed by atoms with Crippen molar-refractivity contribution in [3.05, 3.63) is 23.8 Å². The van der Waals surface area contributed by atoms with E-state index in [-0.39, 0.29) is 40.4 Å². The molecule has 2 fully saturated rings. The van der Waals surface area contributed by atoms with Crippen molar-refractivity contribution >= 4 is 14.1 Å². The standard InChI is InChI=1S/C28H46O5Si/c1-26(2,3)34(8,9)33-25-15-16-28(6)20(22(30)13-14-24(28)27(25,4)5)17-19-21(29)11-10-12-23(19)32-18-31-7/h10-12,20,24-25,29H,13-18H2,1-9H3/t20-,24-,25-,28+/m0/s1. The van der Waals surface area contributed by atoms with E-state index in [4.69, 9.17) is 13.9 Å². The summed E-state index contributed by atoms with van der Waals surface area (Å²) in [5.41, 5.74) is 0.528. The quantitative estimate of drug-likeness (QED) is 0.339.